The summed E-state index contributed by atoms with van der Waals surface area (Å²) in [6.07, 6.45) is -3.02. The maximum atomic E-state index is 11.8. The van der Waals surface area contributed by atoms with E-state index < -0.39 is 68.0 Å². The number of ether oxygens (including phenoxy) is 1. The number of aromatic nitrogens is 2. The quantitative estimate of drug-likeness (QED) is 0.128. The summed E-state index contributed by atoms with van der Waals surface area (Å²) in [7, 11) is -5.42. The van der Waals surface area contributed by atoms with Gasteiger partial charge in [0.2, 0.25) is 0 Å². The molecule has 0 aliphatic carbocycles. The van der Waals surface area contributed by atoms with E-state index in [4.69, 9.17) is 4.74 Å². The van der Waals surface area contributed by atoms with Gasteiger partial charge in [-0.15, -0.1) is 0 Å². The average molecular weight is 481 g/mol. The number of hydrogen-bond donors (Lipinski definition) is 9. The molecular formula is C17H28N3O11P. The van der Waals surface area contributed by atoms with Gasteiger partial charge >= 0.3 is 19.5 Å². The lowest BCUT2D eigenvalue weighted by atomic mass is 10.0. The van der Waals surface area contributed by atoms with E-state index in [1.807, 2.05) is 6.92 Å². The molecule has 0 radical (unpaired) electrons. The van der Waals surface area contributed by atoms with Gasteiger partial charge < -0.3 is 50.4 Å². The van der Waals surface area contributed by atoms with Gasteiger partial charge in [0, 0.05) is 6.54 Å². The minimum absolute atomic E-state index is 0.0351. The Morgan fingerprint density at radius 2 is 1.84 bits per heavy atom. The number of aromatic amines is 1. The summed E-state index contributed by atoms with van der Waals surface area (Å²) >= 11 is 0. The predicted molar refractivity (Wildman–Crippen MR) is 107 cm³/mol. The maximum absolute atomic E-state index is 11.8. The number of nitrogens with one attached hydrogen (secondary N) is 2. The summed E-state index contributed by atoms with van der Waals surface area (Å²) in [4.78, 5) is 48.7. The standard InChI is InChI=1S/C17H28N3O11P/c1-2-3-4-5-18-15-9(12-11(23)10(22)7(6-21)31-12)19-14(20-15)8(16(24)25)13(17(26)27)32(28,29)30/h7-8,10-13,18,21-23H,2-6H2,1H3,(H,19,20)(H,24,25)(H,26,27)(H2,28,29,30)/t7-,8?,10-,11-,12?,13?/m1/s1. The SMILES string of the molecule is CCCCCNc1nc(C(C(=O)O)C(C(=O)O)P(=O)(O)O)[nH]c1C1O[C@H](CO)[C@@H](O)[C@H]1O. The van der Waals surface area contributed by atoms with E-state index in [-0.39, 0.29) is 11.5 Å². The van der Waals surface area contributed by atoms with Crippen LogP contribution in [0.4, 0.5) is 5.82 Å². The first-order valence-electron chi connectivity index (χ1n) is 9.90. The van der Waals surface area contributed by atoms with Crippen LogP contribution in [0.3, 0.4) is 0 Å². The van der Waals surface area contributed by atoms with Crippen molar-refractivity contribution in [2.24, 2.45) is 0 Å². The Kier molecular flexibility index (Phi) is 8.76. The number of anilines is 1. The molecule has 6 atom stereocenters. The highest BCUT2D eigenvalue weighted by molar-refractivity contribution is 7.53. The van der Waals surface area contributed by atoms with Crippen molar-refractivity contribution in [3.05, 3.63) is 11.5 Å². The fourth-order valence-electron chi connectivity index (χ4n) is 3.50. The third-order valence-electron chi connectivity index (χ3n) is 5.14. The Morgan fingerprint density at radius 1 is 1.19 bits per heavy atom. The molecule has 14 nitrogen and oxygen atoms in total. The zero-order chi connectivity index (χ0) is 24.2. The Hall–Kier alpha value is -2.06. The van der Waals surface area contributed by atoms with Crippen LogP contribution in [-0.2, 0) is 18.9 Å². The summed E-state index contributed by atoms with van der Waals surface area (Å²) in [6.45, 7) is 1.72. The first-order valence-corrected chi connectivity index (χ1v) is 11.6. The number of aliphatic hydroxyl groups is 3. The van der Waals surface area contributed by atoms with Gasteiger partial charge in [0.15, 0.2) is 11.5 Å². The van der Waals surface area contributed by atoms with Crippen molar-refractivity contribution in [3.63, 3.8) is 0 Å². The average Bonchev–Trinajstić information content (AvgIpc) is 3.22. The van der Waals surface area contributed by atoms with Crippen molar-refractivity contribution in [2.45, 2.75) is 62.2 Å². The lowest BCUT2D eigenvalue weighted by molar-refractivity contribution is -0.145. The lowest BCUT2D eigenvalue weighted by Gasteiger charge is -2.19. The highest BCUT2D eigenvalue weighted by Gasteiger charge is 2.50. The molecule has 0 aromatic carbocycles. The molecule has 1 aliphatic heterocycles. The molecule has 15 heteroatoms. The molecule has 2 heterocycles. The second kappa shape index (κ2) is 10.7. The molecule has 1 aromatic heterocycles. The first kappa shape index (κ1) is 26.2. The minimum atomic E-state index is -5.42. The highest BCUT2D eigenvalue weighted by Crippen LogP contribution is 2.48. The number of carboxylic acid groups (broad SMARTS) is 2. The van der Waals surface area contributed by atoms with Gasteiger partial charge in [0.25, 0.3) is 0 Å². The molecule has 0 amide bonds. The van der Waals surface area contributed by atoms with Gasteiger partial charge in [-0.3, -0.25) is 14.2 Å². The summed E-state index contributed by atoms with van der Waals surface area (Å²) in [6, 6.07) is 0. The number of H-pyrrole nitrogens is 1. The molecule has 0 saturated carbocycles. The topological polar surface area (TPSA) is 243 Å². The fraction of sp³-hybridized carbons (Fsp3) is 0.706. The molecule has 0 bridgehead atoms. The summed E-state index contributed by atoms with van der Waals surface area (Å²) < 4.78 is 17.2. The zero-order valence-corrected chi connectivity index (χ0v) is 18.1. The minimum Gasteiger partial charge on any atom is -0.481 e. The Bertz CT molecular complexity index is 857. The van der Waals surface area contributed by atoms with Crippen LogP contribution in [0.2, 0.25) is 0 Å². The second-order valence-electron chi connectivity index (χ2n) is 7.47. The Morgan fingerprint density at radius 3 is 2.31 bits per heavy atom. The number of rotatable bonds is 12. The maximum Gasteiger partial charge on any atom is 0.341 e. The molecule has 9 N–H and O–H groups in total. The molecule has 3 unspecified atom stereocenters. The smallest absolute Gasteiger partial charge is 0.341 e. The number of imidazole rings is 1. The number of aliphatic hydroxyl groups excluding tert-OH is 3. The highest BCUT2D eigenvalue weighted by atomic mass is 31.2. The number of nitrogens with zero attached hydrogens (tertiary/aromatic N) is 1. The molecule has 1 aliphatic rings. The number of hydrogen-bond acceptors (Lipinski definition) is 9. The van der Waals surface area contributed by atoms with Crippen LogP contribution in [-0.4, -0.2) is 94.3 Å². The van der Waals surface area contributed by atoms with Crippen LogP contribution < -0.4 is 5.32 Å². The van der Waals surface area contributed by atoms with E-state index in [1.165, 1.54) is 0 Å². The predicted octanol–water partition coefficient (Wildman–Crippen LogP) is -1.04. The van der Waals surface area contributed by atoms with E-state index in [0.29, 0.717) is 13.0 Å². The molecule has 1 aromatic rings. The molecule has 2 rings (SSSR count). The largest absolute Gasteiger partial charge is 0.481 e. The summed E-state index contributed by atoms with van der Waals surface area (Å²) in [5, 5.41) is 51.4. The van der Waals surface area contributed by atoms with Crippen molar-refractivity contribution in [1.82, 2.24) is 9.97 Å². The number of aliphatic carboxylic acids is 2. The van der Waals surface area contributed by atoms with E-state index >= 15 is 0 Å². The number of carbonyl (C=O) groups is 2. The van der Waals surface area contributed by atoms with Gasteiger partial charge in [0.1, 0.15) is 36.2 Å². The van der Waals surface area contributed by atoms with Gasteiger partial charge in [-0.1, -0.05) is 19.8 Å². The number of unbranched alkanes of at least 4 members (excludes halogenated alkanes) is 2. The molecule has 0 spiro atoms. The van der Waals surface area contributed by atoms with Crippen molar-refractivity contribution in [3.8, 4) is 0 Å². The van der Waals surface area contributed by atoms with Crippen molar-refractivity contribution < 1.29 is 54.2 Å². The normalized spacial score (nSPS) is 25.4. The van der Waals surface area contributed by atoms with E-state index in [1.54, 1.807) is 0 Å². The molecule has 1 saturated heterocycles. The van der Waals surface area contributed by atoms with E-state index in [9.17, 15) is 49.5 Å². The molecule has 1 fully saturated rings. The zero-order valence-electron chi connectivity index (χ0n) is 17.2. The van der Waals surface area contributed by atoms with Crippen LogP contribution in [0, 0.1) is 0 Å². The van der Waals surface area contributed by atoms with Crippen LogP contribution >= 0.6 is 7.60 Å². The van der Waals surface area contributed by atoms with Crippen LogP contribution in [0.1, 0.15) is 49.7 Å². The Labute approximate surface area is 182 Å². The molecule has 182 valence electrons. The third-order valence-corrected chi connectivity index (χ3v) is 6.39. The first-order chi connectivity index (χ1) is 14.9. The molecular weight excluding hydrogens is 453 g/mol. The lowest BCUT2D eigenvalue weighted by Crippen LogP contribution is -2.34. The van der Waals surface area contributed by atoms with Crippen molar-refractivity contribution in [2.75, 3.05) is 18.5 Å². The van der Waals surface area contributed by atoms with Crippen LogP contribution in [0.25, 0.3) is 0 Å². The van der Waals surface area contributed by atoms with Gasteiger partial charge in [-0.05, 0) is 6.42 Å². The fourth-order valence-corrected chi connectivity index (χ4v) is 4.44. The van der Waals surface area contributed by atoms with Crippen molar-refractivity contribution in [1.29, 1.82) is 0 Å². The third kappa shape index (κ3) is 5.64. The monoisotopic (exact) mass is 481 g/mol. The summed E-state index contributed by atoms with van der Waals surface area (Å²) in [5.41, 5.74) is -2.68. The van der Waals surface area contributed by atoms with Crippen LogP contribution in [0.5, 0.6) is 0 Å². The number of carboxylic acids is 2. The molecule has 32 heavy (non-hydrogen) atoms. The Balaban J connectivity index is 2.52. The van der Waals surface area contributed by atoms with E-state index in [0.717, 1.165) is 12.8 Å². The summed E-state index contributed by atoms with van der Waals surface area (Å²) in [5.74, 6) is -6.75. The van der Waals surface area contributed by atoms with Crippen molar-refractivity contribution >= 4 is 25.4 Å². The van der Waals surface area contributed by atoms with Gasteiger partial charge in [-0.2, -0.15) is 0 Å². The van der Waals surface area contributed by atoms with Crippen LogP contribution in [0.15, 0.2) is 0 Å². The van der Waals surface area contributed by atoms with Gasteiger partial charge in [0.05, 0.1) is 12.3 Å². The second-order valence-corrected chi connectivity index (χ2v) is 9.20. The van der Waals surface area contributed by atoms with E-state index in [2.05, 4.69) is 15.3 Å². The van der Waals surface area contributed by atoms with Gasteiger partial charge in [-0.25, -0.2) is 4.98 Å².